The Hall–Kier alpha value is -2.09. The van der Waals surface area contributed by atoms with Crippen LogP contribution in [0.5, 0.6) is 0 Å². The molecule has 2 rings (SSSR count). The molecule has 0 unspecified atom stereocenters. The van der Waals surface area contributed by atoms with Crippen LogP contribution >= 0.6 is 0 Å². The van der Waals surface area contributed by atoms with Crippen molar-refractivity contribution in [2.24, 2.45) is 0 Å². The predicted molar refractivity (Wildman–Crippen MR) is 84.2 cm³/mol. The third-order valence-electron chi connectivity index (χ3n) is 3.73. The van der Waals surface area contributed by atoms with Gasteiger partial charge in [-0.05, 0) is 56.0 Å². The molecule has 0 aliphatic carbocycles. The van der Waals surface area contributed by atoms with E-state index in [-0.39, 0.29) is 5.91 Å². The van der Waals surface area contributed by atoms with Crippen LogP contribution in [0.1, 0.15) is 27.8 Å². The molecule has 2 aromatic carbocycles. The molecular weight excluding hydrogens is 246 g/mol. The molecule has 2 nitrogen and oxygen atoms in total. The summed E-state index contributed by atoms with van der Waals surface area (Å²) >= 11 is 0. The number of rotatable bonds is 3. The van der Waals surface area contributed by atoms with E-state index in [2.05, 4.69) is 36.5 Å². The summed E-state index contributed by atoms with van der Waals surface area (Å²) in [4.78, 5) is 12.2. The normalized spacial score (nSPS) is 10.4. The number of carbonyl (C=O) groups is 1. The molecule has 0 bridgehead atoms. The SMILES string of the molecule is Cc1ccc(C)c(CC(=O)Nc2cccc(C)c2C)c1. The molecule has 1 N–H and O–H groups in total. The van der Waals surface area contributed by atoms with E-state index in [4.69, 9.17) is 0 Å². The maximum absolute atomic E-state index is 12.2. The molecule has 1 amide bonds. The van der Waals surface area contributed by atoms with Crippen molar-refractivity contribution in [3.8, 4) is 0 Å². The molecule has 0 saturated carbocycles. The number of carbonyl (C=O) groups excluding carboxylic acids is 1. The van der Waals surface area contributed by atoms with Gasteiger partial charge in [-0.15, -0.1) is 0 Å². The third kappa shape index (κ3) is 3.27. The molecule has 0 saturated heterocycles. The lowest BCUT2D eigenvalue weighted by Crippen LogP contribution is -2.16. The summed E-state index contributed by atoms with van der Waals surface area (Å²) in [5.74, 6) is 0.0346. The van der Waals surface area contributed by atoms with Gasteiger partial charge in [-0.1, -0.05) is 35.9 Å². The lowest BCUT2D eigenvalue weighted by molar-refractivity contribution is -0.115. The van der Waals surface area contributed by atoms with Crippen LogP contribution in [0, 0.1) is 27.7 Å². The average molecular weight is 267 g/mol. The molecule has 0 aliphatic heterocycles. The summed E-state index contributed by atoms with van der Waals surface area (Å²) in [6.07, 6.45) is 0.418. The Morgan fingerprint density at radius 2 is 1.75 bits per heavy atom. The Bertz CT molecular complexity index is 638. The number of amides is 1. The summed E-state index contributed by atoms with van der Waals surface area (Å²) in [6, 6.07) is 12.2. The first kappa shape index (κ1) is 14.3. The monoisotopic (exact) mass is 267 g/mol. The fourth-order valence-electron chi connectivity index (χ4n) is 2.24. The van der Waals surface area contributed by atoms with Gasteiger partial charge in [0.1, 0.15) is 0 Å². The molecule has 104 valence electrons. The van der Waals surface area contributed by atoms with Crippen LogP contribution in [0.3, 0.4) is 0 Å². The maximum Gasteiger partial charge on any atom is 0.228 e. The van der Waals surface area contributed by atoms with Crippen molar-refractivity contribution in [3.05, 3.63) is 64.2 Å². The zero-order valence-corrected chi connectivity index (χ0v) is 12.6. The Morgan fingerprint density at radius 3 is 2.50 bits per heavy atom. The standard InChI is InChI=1S/C18H21NO/c1-12-8-9-14(3)16(10-12)11-18(20)19-17-7-5-6-13(2)15(17)4/h5-10H,11H2,1-4H3,(H,19,20). The number of aryl methyl sites for hydroxylation is 3. The van der Waals surface area contributed by atoms with Crippen molar-refractivity contribution < 1.29 is 4.79 Å². The van der Waals surface area contributed by atoms with Gasteiger partial charge in [0.15, 0.2) is 0 Å². The van der Waals surface area contributed by atoms with E-state index in [1.165, 1.54) is 11.1 Å². The molecule has 0 spiro atoms. The second kappa shape index (κ2) is 5.91. The first-order chi connectivity index (χ1) is 9.47. The first-order valence-electron chi connectivity index (χ1n) is 6.89. The van der Waals surface area contributed by atoms with Gasteiger partial charge in [0.05, 0.1) is 6.42 Å². The zero-order valence-electron chi connectivity index (χ0n) is 12.6. The predicted octanol–water partition coefficient (Wildman–Crippen LogP) is 4.10. The summed E-state index contributed by atoms with van der Waals surface area (Å²) < 4.78 is 0. The van der Waals surface area contributed by atoms with Crippen molar-refractivity contribution in [1.82, 2.24) is 0 Å². The summed E-state index contributed by atoms with van der Waals surface area (Å²) in [7, 11) is 0. The van der Waals surface area contributed by atoms with Crippen LogP contribution in [-0.2, 0) is 11.2 Å². The van der Waals surface area contributed by atoms with Crippen molar-refractivity contribution in [2.75, 3.05) is 5.32 Å². The third-order valence-corrected chi connectivity index (χ3v) is 3.73. The van der Waals surface area contributed by atoms with Crippen molar-refractivity contribution in [3.63, 3.8) is 0 Å². The van der Waals surface area contributed by atoms with Crippen LogP contribution in [0.25, 0.3) is 0 Å². The van der Waals surface area contributed by atoms with Gasteiger partial charge < -0.3 is 5.32 Å². The summed E-state index contributed by atoms with van der Waals surface area (Å²) in [5.41, 5.74) is 6.65. The molecule has 2 aromatic rings. The Kier molecular flexibility index (Phi) is 4.23. The maximum atomic E-state index is 12.2. The van der Waals surface area contributed by atoms with Crippen LogP contribution in [0.2, 0.25) is 0 Å². The number of nitrogens with one attached hydrogen (secondary N) is 1. The second-order valence-electron chi connectivity index (χ2n) is 5.40. The van der Waals surface area contributed by atoms with Crippen LogP contribution < -0.4 is 5.32 Å². The minimum absolute atomic E-state index is 0.0346. The van der Waals surface area contributed by atoms with Crippen LogP contribution in [0.4, 0.5) is 5.69 Å². The lowest BCUT2D eigenvalue weighted by Gasteiger charge is -2.11. The van der Waals surface area contributed by atoms with E-state index in [0.717, 1.165) is 22.4 Å². The number of benzene rings is 2. The largest absolute Gasteiger partial charge is 0.326 e. The van der Waals surface area contributed by atoms with E-state index < -0.39 is 0 Å². The minimum atomic E-state index is 0.0346. The van der Waals surface area contributed by atoms with Gasteiger partial charge in [-0.3, -0.25) is 4.79 Å². The number of hydrogen-bond donors (Lipinski definition) is 1. The highest BCUT2D eigenvalue weighted by Crippen LogP contribution is 2.19. The molecule has 0 aliphatic rings. The van der Waals surface area contributed by atoms with Crippen molar-refractivity contribution in [2.45, 2.75) is 34.1 Å². The molecular formula is C18H21NO. The summed E-state index contributed by atoms with van der Waals surface area (Å²) in [5, 5.41) is 3.01. The van der Waals surface area contributed by atoms with Gasteiger partial charge in [0.2, 0.25) is 5.91 Å². The zero-order chi connectivity index (χ0) is 14.7. The van der Waals surface area contributed by atoms with Gasteiger partial charge >= 0.3 is 0 Å². The molecule has 0 fully saturated rings. The van der Waals surface area contributed by atoms with Crippen LogP contribution in [0.15, 0.2) is 36.4 Å². The van der Waals surface area contributed by atoms with E-state index in [1.54, 1.807) is 0 Å². The first-order valence-corrected chi connectivity index (χ1v) is 6.89. The van der Waals surface area contributed by atoms with Gasteiger partial charge in [0, 0.05) is 5.69 Å². The van der Waals surface area contributed by atoms with Gasteiger partial charge in [-0.2, -0.15) is 0 Å². The van der Waals surface area contributed by atoms with Crippen molar-refractivity contribution in [1.29, 1.82) is 0 Å². The molecule has 0 radical (unpaired) electrons. The van der Waals surface area contributed by atoms with Gasteiger partial charge in [0.25, 0.3) is 0 Å². The Labute approximate surface area is 120 Å². The highest BCUT2D eigenvalue weighted by molar-refractivity contribution is 5.93. The lowest BCUT2D eigenvalue weighted by atomic mass is 10.0. The number of anilines is 1. The van der Waals surface area contributed by atoms with Crippen LogP contribution in [-0.4, -0.2) is 5.91 Å². The second-order valence-corrected chi connectivity index (χ2v) is 5.40. The molecule has 20 heavy (non-hydrogen) atoms. The minimum Gasteiger partial charge on any atom is -0.326 e. The topological polar surface area (TPSA) is 29.1 Å². The molecule has 2 heteroatoms. The fraction of sp³-hybridized carbons (Fsp3) is 0.278. The van der Waals surface area contributed by atoms with E-state index >= 15 is 0 Å². The number of hydrogen-bond acceptors (Lipinski definition) is 1. The van der Waals surface area contributed by atoms with E-state index in [1.807, 2.05) is 32.9 Å². The molecule has 0 aromatic heterocycles. The highest BCUT2D eigenvalue weighted by atomic mass is 16.1. The fourth-order valence-corrected chi connectivity index (χ4v) is 2.24. The average Bonchev–Trinajstić information content (AvgIpc) is 2.39. The smallest absolute Gasteiger partial charge is 0.228 e. The van der Waals surface area contributed by atoms with E-state index in [9.17, 15) is 4.79 Å². The molecule has 0 atom stereocenters. The Morgan fingerprint density at radius 1 is 1.00 bits per heavy atom. The molecule has 0 heterocycles. The Balaban J connectivity index is 2.13. The summed E-state index contributed by atoms with van der Waals surface area (Å²) in [6.45, 7) is 8.17. The highest BCUT2D eigenvalue weighted by Gasteiger charge is 2.08. The van der Waals surface area contributed by atoms with E-state index in [0.29, 0.717) is 6.42 Å². The quantitative estimate of drug-likeness (QED) is 0.891. The van der Waals surface area contributed by atoms with Crippen molar-refractivity contribution >= 4 is 11.6 Å². The van der Waals surface area contributed by atoms with Gasteiger partial charge in [-0.25, -0.2) is 0 Å².